The molecule has 6 heteroatoms. The first-order chi connectivity index (χ1) is 12.5. The SMILES string of the molecule is CCCCN(C)C(=O)C1(C(=O)NCCc2ccc(OC)c(OC)c2)CC1. The smallest absolute Gasteiger partial charge is 0.238 e. The molecule has 1 N–H and O–H groups in total. The molecule has 0 saturated heterocycles. The second-order valence-corrected chi connectivity index (χ2v) is 6.86. The molecule has 1 fully saturated rings. The summed E-state index contributed by atoms with van der Waals surface area (Å²) in [6.07, 6.45) is 3.94. The molecule has 1 aromatic carbocycles. The molecule has 0 atom stereocenters. The highest BCUT2D eigenvalue weighted by Gasteiger charge is 2.57. The van der Waals surface area contributed by atoms with E-state index in [9.17, 15) is 9.59 Å². The number of carbonyl (C=O) groups is 2. The molecule has 0 heterocycles. The van der Waals surface area contributed by atoms with Gasteiger partial charge in [0.1, 0.15) is 5.41 Å². The largest absolute Gasteiger partial charge is 0.493 e. The third-order valence-electron chi connectivity index (χ3n) is 4.93. The van der Waals surface area contributed by atoms with Crippen molar-refractivity contribution in [3.8, 4) is 11.5 Å². The number of amides is 2. The van der Waals surface area contributed by atoms with Gasteiger partial charge in [0.05, 0.1) is 14.2 Å². The van der Waals surface area contributed by atoms with Crippen LogP contribution < -0.4 is 14.8 Å². The van der Waals surface area contributed by atoms with E-state index in [0.717, 1.165) is 18.4 Å². The Labute approximate surface area is 155 Å². The normalized spacial score (nSPS) is 14.5. The predicted octanol–water partition coefficient (Wildman–Crippen LogP) is 2.40. The summed E-state index contributed by atoms with van der Waals surface area (Å²) in [5, 5.41) is 2.93. The molecule has 0 aliphatic heterocycles. The lowest BCUT2D eigenvalue weighted by atomic mass is 10.0. The Morgan fingerprint density at radius 1 is 1.19 bits per heavy atom. The van der Waals surface area contributed by atoms with Crippen molar-refractivity contribution in [3.05, 3.63) is 23.8 Å². The van der Waals surface area contributed by atoms with E-state index in [0.29, 0.717) is 43.9 Å². The van der Waals surface area contributed by atoms with Crippen LogP contribution in [0.5, 0.6) is 11.5 Å². The zero-order chi connectivity index (χ0) is 19.2. The fourth-order valence-electron chi connectivity index (χ4n) is 3.05. The predicted molar refractivity (Wildman–Crippen MR) is 100 cm³/mol. The first kappa shape index (κ1) is 20.1. The molecule has 1 aromatic rings. The Balaban J connectivity index is 1.87. The summed E-state index contributed by atoms with van der Waals surface area (Å²) in [5.74, 6) is 1.15. The van der Waals surface area contributed by atoms with Gasteiger partial charge in [0.2, 0.25) is 11.8 Å². The first-order valence-electron chi connectivity index (χ1n) is 9.23. The Morgan fingerprint density at radius 2 is 1.88 bits per heavy atom. The van der Waals surface area contributed by atoms with Gasteiger partial charge in [-0.05, 0) is 43.4 Å². The zero-order valence-corrected chi connectivity index (χ0v) is 16.3. The number of nitrogens with one attached hydrogen (secondary N) is 1. The van der Waals surface area contributed by atoms with Crippen molar-refractivity contribution in [2.75, 3.05) is 34.4 Å². The second-order valence-electron chi connectivity index (χ2n) is 6.86. The highest BCUT2D eigenvalue weighted by atomic mass is 16.5. The number of methoxy groups -OCH3 is 2. The summed E-state index contributed by atoms with van der Waals surface area (Å²) >= 11 is 0. The van der Waals surface area contributed by atoms with Crippen molar-refractivity contribution in [1.82, 2.24) is 10.2 Å². The lowest BCUT2D eigenvalue weighted by Crippen LogP contribution is -2.44. The van der Waals surface area contributed by atoms with Crippen LogP contribution in [-0.2, 0) is 16.0 Å². The molecule has 0 spiro atoms. The Kier molecular flexibility index (Phi) is 6.89. The Bertz CT molecular complexity index is 641. The first-order valence-corrected chi connectivity index (χ1v) is 9.23. The molecule has 0 unspecified atom stereocenters. The molecule has 1 aliphatic carbocycles. The van der Waals surface area contributed by atoms with Gasteiger partial charge in [-0.1, -0.05) is 19.4 Å². The summed E-state index contributed by atoms with van der Waals surface area (Å²) in [6, 6.07) is 5.70. The summed E-state index contributed by atoms with van der Waals surface area (Å²) in [5.41, 5.74) is 0.208. The van der Waals surface area contributed by atoms with E-state index >= 15 is 0 Å². The summed E-state index contributed by atoms with van der Waals surface area (Å²) in [4.78, 5) is 26.9. The van der Waals surface area contributed by atoms with E-state index in [2.05, 4.69) is 12.2 Å². The highest BCUT2D eigenvalue weighted by molar-refractivity contribution is 6.07. The standard InChI is InChI=1S/C20H30N2O4/c1-5-6-13-22(2)19(24)20(10-11-20)18(23)21-12-9-15-7-8-16(25-3)17(14-15)26-4/h7-8,14H,5-6,9-13H2,1-4H3,(H,21,23). The van der Waals surface area contributed by atoms with Gasteiger partial charge in [-0.15, -0.1) is 0 Å². The molecular formula is C20H30N2O4. The highest BCUT2D eigenvalue weighted by Crippen LogP contribution is 2.47. The number of benzene rings is 1. The molecule has 1 aliphatic rings. The van der Waals surface area contributed by atoms with Gasteiger partial charge >= 0.3 is 0 Å². The minimum Gasteiger partial charge on any atom is -0.493 e. The van der Waals surface area contributed by atoms with Crippen LogP contribution >= 0.6 is 0 Å². The van der Waals surface area contributed by atoms with E-state index < -0.39 is 5.41 Å². The fraction of sp³-hybridized carbons (Fsp3) is 0.600. The van der Waals surface area contributed by atoms with Crippen LogP contribution in [0, 0.1) is 5.41 Å². The van der Waals surface area contributed by atoms with Crippen molar-refractivity contribution in [3.63, 3.8) is 0 Å². The van der Waals surface area contributed by atoms with Crippen molar-refractivity contribution in [2.24, 2.45) is 5.41 Å². The van der Waals surface area contributed by atoms with Gasteiger partial charge in [0.25, 0.3) is 0 Å². The van der Waals surface area contributed by atoms with Crippen molar-refractivity contribution < 1.29 is 19.1 Å². The molecule has 1 saturated carbocycles. The van der Waals surface area contributed by atoms with Gasteiger partial charge in [-0.2, -0.15) is 0 Å². The summed E-state index contributed by atoms with van der Waals surface area (Å²) < 4.78 is 10.5. The van der Waals surface area contributed by atoms with Crippen molar-refractivity contribution in [2.45, 2.75) is 39.0 Å². The van der Waals surface area contributed by atoms with E-state index in [4.69, 9.17) is 9.47 Å². The fourth-order valence-corrected chi connectivity index (χ4v) is 3.05. The maximum absolute atomic E-state index is 12.6. The van der Waals surface area contributed by atoms with Crippen LogP contribution in [0.2, 0.25) is 0 Å². The van der Waals surface area contributed by atoms with Crippen LogP contribution in [0.4, 0.5) is 0 Å². The third-order valence-corrected chi connectivity index (χ3v) is 4.93. The van der Waals surface area contributed by atoms with E-state index in [1.165, 1.54) is 0 Å². The number of nitrogens with zero attached hydrogens (tertiary/aromatic N) is 1. The molecule has 0 aromatic heterocycles. The molecule has 2 rings (SSSR count). The quantitative estimate of drug-likeness (QED) is 0.649. The molecule has 0 radical (unpaired) electrons. The number of unbranched alkanes of at least 4 members (excludes halogenated alkanes) is 1. The lowest BCUT2D eigenvalue weighted by Gasteiger charge is -2.23. The Morgan fingerprint density at radius 3 is 2.46 bits per heavy atom. The van der Waals surface area contributed by atoms with Crippen molar-refractivity contribution >= 4 is 11.8 Å². The summed E-state index contributed by atoms with van der Waals surface area (Å²) in [6.45, 7) is 3.28. The molecular weight excluding hydrogens is 332 g/mol. The minimum absolute atomic E-state index is 0.0467. The maximum atomic E-state index is 12.6. The molecule has 26 heavy (non-hydrogen) atoms. The maximum Gasteiger partial charge on any atom is 0.238 e. The average Bonchev–Trinajstić information content (AvgIpc) is 3.47. The number of hydrogen-bond acceptors (Lipinski definition) is 4. The molecule has 2 amide bonds. The monoisotopic (exact) mass is 362 g/mol. The topological polar surface area (TPSA) is 67.9 Å². The second kappa shape index (κ2) is 8.92. The number of rotatable bonds is 10. The molecule has 0 bridgehead atoms. The Hall–Kier alpha value is -2.24. The van der Waals surface area contributed by atoms with Gasteiger partial charge in [0, 0.05) is 20.1 Å². The van der Waals surface area contributed by atoms with Gasteiger partial charge in [-0.3, -0.25) is 9.59 Å². The van der Waals surface area contributed by atoms with E-state index in [1.54, 1.807) is 26.2 Å². The van der Waals surface area contributed by atoms with Crippen LogP contribution in [0.1, 0.15) is 38.2 Å². The molecule has 144 valence electrons. The van der Waals surface area contributed by atoms with Gasteiger partial charge in [-0.25, -0.2) is 0 Å². The number of hydrogen-bond donors (Lipinski definition) is 1. The van der Waals surface area contributed by atoms with E-state index in [-0.39, 0.29) is 11.8 Å². The number of ether oxygens (including phenoxy) is 2. The van der Waals surface area contributed by atoms with Gasteiger partial charge < -0.3 is 19.7 Å². The summed E-state index contributed by atoms with van der Waals surface area (Å²) in [7, 11) is 4.98. The zero-order valence-electron chi connectivity index (χ0n) is 16.3. The third kappa shape index (κ3) is 4.48. The van der Waals surface area contributed by atoms with Crippen LogP contribution in [0.3, 0.4) is 0 Å². The minimum atomic E-state index is -0.833. The van der Waals surface area contributed by atoms with Gasteiger partial charge in [0.15, 0.2) is 11.5 Å². The molecule has 6 nitrogen and oxygen atoms in total. The van der Waals surface area contributed by atoms with Crippen LogP contribution in [0.15, 0.2) is 18.2 Å². The van der Waals surface area contributed by atoms with Crippen molar-refractivity contribution in [1.29, 1.82) is 0 Å². The number of carbonyl (C=O) groups excluding carboxylic acids is 2. The van der Waals surface area contributed by atoms with E-state index in [1.807, 2.05) is 18.2 Å². The average molecular weight is 362 g/mol. The van der Waals surface area contributed by atoms with Crippen LogP contribution in [-0.4, -0.2) is 51.1 Å². The van der Waals surface area contributed by atoms with Crippen LogP contribution in [0.25, 0.3) is 0 Å². The lowest BCUT2D eigenvalue weighted by molar-refractivity contribution is -0.143.